The Balaban J connectivity index is 2.03. The number of rotatable bonds is 2. The first-order valence-electron chi connectivity index (χ1n) is 5.14. The zero-order chi connectivity index (χ0) is 11.8. The van der Waals surface area contributed by atoms with E-state index in [0.717, 1.165) is 20.3 Å². The highest BCUT2D eigenvalue weighted by Gasteiger charge is 2.16. The van der Waals surface area contributed by atoms with Crippen LogP contribution in [0.4, 0.5) is 0 Å². The summed E-state index contributed by atoms with van der Waals surface area (Å²) < 4.78 is 6.64. The molecule has 3 aromatic rings. The highest BCUT2D eigenvalue weighted by molar-refractivity contribution is 9.11. The molecule has 0 fully saturated rings. The lowest BCUT2D eigenvalue weighted by Gasteiger charge is -2.03. The van der Waals surface area contributed by atoms with Gasteiger partial charge in [-0.3, -0.25) is 0 Å². The molecule has 0 bridgehead atoms. The molecule has 0 aliphatic rings. The molecule has 3 rings (SSSR count). The molecule has 0 aliphatic carbocycles. The molecule has 1 aromatic carbocycles. The van der Waals surface area contributed by atoms with Gasteiger partial charge in [0.1, 0.15) is 17.4 Å². The Morgan fingerprint density at radius 3 is 2.76 bits per heavy atom. The van der Waals surface area contributed by atoms with Gasteiger partial charge in [0.25, 0.3) is 0 Å². The molecule has 0 saturated carbocycles. The predicted molar refractivity (Wildman–Crippen MR) is 72.3 cm³/mol. The van der Waals surface area contributed by atoms with E-state index in [1.54, 1.807) is 11.3 Å². The monoisotopic (exact) mass is 308 g/mol. The lowest BCUT2D eigenvalue weighted by Crippen LogP contribution is -1.95. The SMILES string of the molecule is OC(c1csc(Br)c1)c1cc2ccccc2o1. The van der Waals surface area contributed by atoms with Crippen LogP contribution in [0, 0.1) is 0 Å². The fraction of sp³-hybridized carbons (Fsp3) is 0.0769. The van der Waals surface area contributed by atoms with Crippen molar-refractivity contribution in [3.63, 3.8) is 0 Å². The molecular formula is C13H9BrO2S. The van der Waals surface area contributed by atoms with Crippen molar-refractivity contribution in [3.8, 4) is 0 Å². The number of hydrogen-bond donors (Lipinski definition) is 1. The third-order valence-corrected chi connectivity index (χ3v) is 4.14. The van der Waals surface area contributed by atoms with Crippen molar-refractivity contribution < 1.29 is 9.52 Å². The summed E-state index contributed by atoms with van der Waals surface area (Å²) in [4.78, 5) is 0. The van der Waals surface area contributed by atoms with Crippen LogP contribution in [-0.4, -0.2) is 5.11 Å². The molecule has 1 unspecified atom stereocenters. The number of aliphatic hydroxyl groups excluding tert-OH is 1. The summed E-state index contributed by atoms with van der Waals surface area (Å²) in [5, 5.41) is 13.1. The van der Waals surface area contributed by atoms with Gasteiger partial charge in [-0.15, -0.1) is 11.3 Å². The first-order chi connectivity index (χ1) is 8.24. The molecule has 0 spiro atoms. The van der Waals surface area contributed by atoms with Gasteiger partial charge < -0.3 is 9.52 Å². The van der Waals surface area contributed by atoms with E-state index in [9.17, 15) is 5.11 Å². The molecule has 4 heteroatoms. The van der Waals surface area contributed by atoms with Gasteiger partial charge in [0.05, 0.1) is 3.79 Å². The van der Waals surface area contributed by atoms with Gasteiger partial charge in [-0.1, -0.05) is 18.2 Å². The van der Waals surface area contributed by atoms with Gasteiger partial charge in [0.15, 0.2) is 0 Å². The zero-order valence-electron chi connectivity index (χ0n) is 8.76. The van der Waals surface area contributed by atoms with Crippen LogP contribution in [0.5, 0.6) is 0 Å². The number of benzene rings is 1. The van der Waals surface area contributed by atoms with E-state index in [0.29, 0.717) is 5.76 Å². The summed E-state index contributed by atoms with van der Waals surface area (Å²) in [5.41, 5.74) is 1.65. The molecule has 1 N–H and O–H groups in total. The molecule has 0 amide bonds. The van der Waals surface area contributed by atoms with Crippen molar-refractivity contribution in [3.05, 3.63) is 56.9 Å². The number of aliphatic hydroxyl groups is 1. The van der Waals surface area contributed by atoms with Crippen molar-refractivity contribution in [2.45, 2.75) is 6.10 Å². The number of fused-ring (bicyclic) bond motifs is 1. The first kappa shape index (κ1) is 11.0. The van der Waals surface area contributed by atoms with Crippen LogP contribution < -0.4 is 0 Å². The molecule has 17 heavy (non-hydrogen) atoms. The summed E-state index contributed by atoms with van der Waals surface area (Å²) in [5.74, 6) is 0.580. The van der Waals surface area contributed by atoms with Gasteiger partial charge in [-0.05, 0) is 45.1 Å². The molecule has 0 radical (unpaired) electrons. The second kappa shape index (κ2) is 4.29. The fourth-order valence-electron chi connectivity index (χ4n) is 1.77. The van der Waals surface area contributed by atoms with Crippen molar-refractivity contribution >= 4 is 38.2 Å². The Hall–Kier alpha value is -1.10. The Kier molecular flexibility index (Phi) is 2.78. The topological polar surface area (TPSA) is 33.4 Å². The Morgan fingerprint density at radius 2 is 2.06 bits per heavy atom. The second-order valence-electron chi connectivity index (χ2n) is 3.77. The van der Waals surface area contributed by atoms with Crippen molar-refractivity contribution in [2.24, 2.45) is 0 Å². The minimum Gasteiger partial charge on any atom is -0.458 e. The molecule has 0 aliphatic heterocycles. The van der Waals surface area contributed by atoms with Crippen molar-refractivity contribution in [2.75, 3.05) is 0 Å². The van der Waals surface area contributed by atoms with Gasteiger partial charge in [-0.2, -0.15) is 0 Å². The van der Waals surface area contributed by atoms with E-state index in [1.807, 2.05) is 41.8 Å². The lowest BCUT2D eigenvalue weighted by molar-refractivity contribution is 0.192. The molecule has 2 aromatic heterocycles. The molecule has 0 saturated heterocycles. The van der Waals surface area contributed by atoms with Crippen molar-refractivity contribution in [1.82, 2.24) is 0 Å². The number of furan rings is 1. The molecule has 2 heterocycles. The first-order valence-corrected chi connectivity index (χ1v) is 6.82. The van der Waals surface area contributed by atoms with Crippen LogP contribution in [0.2, 0.25) is 0 Å². The van der Waals surface area contributed by atoms with E-state index in [4.69, 9.17) is 4.42 Å². The molecule has 86 valence electrons. The number of halogens is 1. The summed E-state index contributed by atoms with van der Waals surface area (Å²) in [6.45, 7) is 0. The summed E-state index contributed by atoms with van der Waals surface area (Å²) in [7, 11) is 0. The standard InChI is InChI=1S/C13H9BrO2S/c14-12-6-9(7-17-12)13(15)11-5-8-3-1-2-4-10(8)16-11/h1-7,13,15H. The number of thiophene rings is 1. The highest BCUT2D eigenvalue weighted by atomic mass is 79.9. The number of para-hydroxylation sites is 1. The maximum atomic E-state index is 10.2. The average Bonchev–Trinajstić information content (AvgIpc) is 2.93. The third-order valence-electron chi connectivity index (χ3n) is 2.62. The Bertz CT molecular complexity index is 623. The fourth-order valence-corrected chi connectivity index (χ4v) is 2.96. The summed E-state index contributed by atoms with van der Waals surface area (Å²) in [6.07, 6.45) is -0.704. The zero-order valence-corrected chi connectivity index (χ0v) is 11.2. The van der Waals surface area contributed by atoms with E-state index in [2.05, 4.69) is 15.9 Å². The van der Waals surface area contributed by atoms with Crippen molar-refractivity contribution in [1.29, 1.82) is 0 Å². The van der Waals surface area contributed by atoms with Crippen LogP contribution in [0.25, 0.3) is 11.0 Å². The highest BCUT2D eigenvalue weighted by Crippen LogP contribution is 2.32. The second-order valence-corrected chi connectivity index (χ2v) is 6.06. The van der Waals surface area contributed by atoms with Gasteiger partial charge in [-0.25, -0.2) is 0 Å². The summed E-state index contributed by atoms with van der Waals surface area (Å²) in [6, 6.07) is 11.5. The molecule has 1 atom stereocenters. The van der Waals surface area contributed by atoms with E-state index < -0.39 is 6.10 Å². The third kappa shape index (κ3) is 2.04. The van der Waals surface area contributed by atoms with Crippen LogP contribution >= 0.6 is 27.3 Å². The van der Waals surface area contributed by atoms with Gasteiger partial charge in [0.2, 0.25) is 0 Å². The van der Waals surface area contributed by atoms with E-state index in [1.165, 1.54) is 0 Å². The quantitative estimate of drug-likeness (QED) is 0.764. The molecular weight excluding hydrogens is 300 g/mol. The summed E-state index contributed by atoms with van der Waals surface area (Å²) >= 11 is 4.93. The maximum Gasteiger partial charge on any atom is 0.138 e. The van der Waals surface area contributed by atoms with Crippen LogP contribution in [-0.2, 0) is 0 Å². The van der Waals surface area contributed by atoms with E-state index >= 15 is 0 Å². The van der Waals surface area contributed by atoms with E-state index in [-0.39, 0.29) is 0 Å². The Labute approximate surface area is 111 Å². The smallest absolute Gasteiger partial charge is 0.138 e. The lowest BCUT2D eigenvalue weighted by atomic mass is 10.1. The minimum absolute atomic E-state index is 0.580. The van der Waals surface area contributed by atoms with Crippen LogP contribution in [0.3, 0.4) is 0 Å². The predicted octanol–water partition coefficient (Wildman–Crippen LogP) is 4.34. The van der Waals surface area contributed by atoms with Crippen LogP contribution in [0.1, 0.15) is 17.4 Å². The number of hydrogen-bond acceptors (Lipinski definition) is 3. The average molecular weight is 309 g/mol. The maximum absolute atomic E-state index is 10.2. The van der Waals surface area contributed by atoms with Crippen LogP contribution in [0.15, 0.2) is 50.0 Å². The van der Waals surface area contributed by atoms with Gasteiger partial charge in [0, 0.05) is 5.39 Å². The largest absolute Gasteiger partial charge is 0.458 e. The molecule has 2 nitrogen and oxygen atoms in total. The Morgan fingerprint density at radius 1 is 1.24 bits per heavy atom. The van der Waals surface area contributed by atoms with Gasteiger partial charge >= 0.3 is 0 Å². The normalized spacial score (nSPS) is 13.1. The minimum atomic E-state index is -0.704.